The maximum absolute atomic E-state index is 12.1. The van der Waals surface area contributed by atoms with Gasteiger partial charge in [0, 0.05) is 19.6 Å². The van der Waals surface area contributed by atoms with Crippen LogP contribution in [0.2, 0.25) is 0 Å². The highest BCUT2D eigenvalue weighted by Gasteiger charge is 2.43. The first-order valence-corrected chi connectivity index (χ1v) is 7.71. The number of hydrogen-bond acceptors (Lipinski definition) is 4. The van der Waals surface area contributed by atoms with Gasteiger partial charge in [0.2, 0.25) is 5.91 Å². The highest BCUT2D eigenvalue weighted by molar-refractivity contribution is 5.78. The Morgan fingerprint density at radius 1 is 1.33 bits per heavy atom. The first-order valence-electron chi connectivity index (χ1n) is 7.71. The van der Waals surface area contributed by atoms with Crippen LogP contribution in [0.1, 0.15) is 25.4 Å². The fourth-order valence-corrected chi connectivity index (χ4v) is 3.29. The second-order valence-electron chi connectivity index (χ2n) is 6.56. The molecule has 21 heavy (non-hydrogen) atoms. The van der Waals surface area contributed by atoms with E-state index in [4.69, 9.17) is 9.15 Å². The molecule has 2 saturated heterocycles. The van der Waals surface area contributed by atoms with E-state index in [1.165, 1.54) is 0 Å². The zero-order chi connectivity index (χ0) is 15.0. The lowest BCUT2D eigenvalue weighted by Crippen LogP contribution is -2.55. The van der Waals surface area contributed by atoms with Gasteiger partial charge in [0.1, 0.15) is 18.1 Å². The SMILES string of the molecule is Cc1ccc(CN2C[C@@H]3[C@@H](C2)OCC(=O)N3CC(C)C)o1. The van der Waals surface area contributed by atoms with Gasteiger partial charge in [0.05, 0.1) is 18.7 Å². The van der Waals surface area contributed by atoms with Crippen molar-refractivity contribution in [3.8, 4) is 0 Å². The van der Waals surface area contributed by atoms with E-state index >= 15 is 0 Å². The smallest absolute Gasteiger partial charge is 0.248 e. The molecule has 116 valence electrons. The molecule has 0 radical (unpaired) electrons. The van der Waals surface area contributed by atoms with Crippen LogP contribution in [0.25, 0.3) is 0 Å². The highest BCUT2D eigenvalue weighted by Crippen LogP contribution is 2.26. The van der Waals surface area contributed by atoms with E-state index < -0.39 is 0 Å². The minimum Gasteiger partial charge on any atom is -0.465 e. The molecule has 3 heterocycles. The Morgan fingerprint density at radius 2 is 2.14 bits per heavy atom. The van der Waals surface area contributed by atoms with Crippen molar-refractivity contribution >= 4 is 5.91 Å². The predicted octanol–water partition coefficient (Wildman–Crippen LogP) is 1.66. The maximum atomic E-state index is 12.1. The van der Waals surface area contributed by atoms with Gasteiger partial charge in [-0.2, -0.15) is 0 Å². The Hall–Kier alpha value is -1.33. The fraction of sp³-hybridized carbons (Fsp3) is 0.688. The standard InChI is InChI=1S/C16H24N2O3/c1-11(2)6-18-14-8-17(7-13-5-4-12(3)21-13)9-15(14)20-10-16(18)19/h4-5,11,14-15H,6-10H2,1-3H3/t14-,15-/m1/s1. The second-order valence-corrected chi connectivity index (χ2v) is 6.56. The van der Waals surface area contributed by atoms with Crippen LogP contribution in [0.5, 0.6) is 0 Å². The molecule has 0 bridgehead atoms. The van der Waals surface area contributed by atoms with E-state index in [0.717, 1.165) is 37.7 Å². The summed E-state index contributed by atoms with van der Waals surface area (Å²) in [4.78, 5) is 16.4. The van der Waals surface area contributed by atoms with Crippen molar-refractivity contribution in [2.75, 3.05) is 26.2 Å². The number of hydrogen-bond donors (Lipinski definition) is 0. The van der Waals surface area contributed by atoms with Crippen molar-refractivity contribution in [1.29, 1.82) is 0 Å². The van der Waals surface area contributed by atoms with Gasteiger partial charge in [-0.25, -0.2) is 0 Å². The number of carbonyl (C=O) groups is 1. The average molecular weight is 292 g/mol. The maximum Gasteiger partial charge on any atom is 0.248 e. The van der Waals surface area contributed by atoms with Crippen LogP contribution in [0.15, 0.2) is 16.5 Å². The summed E-state index contributed by atoms with van der Waals surface area (Å²) >= 11 is 0. The van der Waals surface area contributed by atoms with E-state index in [-0.39, 0.29) is 24.7 Å². The van der Waals surface area contributed by atoms with Crippen LogP contribution in [0, 0.1) is 12.8 Å². The van der Waals surface area contributed by atoms with Gasteiger partial charge in [0.15, 0.2) is 0 Å². The molecule has 2 fully saturated rings. The third-order valence-electron chi connectivity index (χ3n) is 4.19. The van der Waals surface area contributed by atoms with Gasteiger partial charge in [0.25, 0.3) is 0 Å². The summed E-state index contributed by atoms with van der Waals surface area (Å²) in [5, 5.41) is 0. The molecule has 5 heteroatoms. The second kappa shape index (κ2) is 5.81. The van der Waals surface area contributed by atoms with Crippen LogP contribution in [0.3, 0.4) is 0 Å². The molecule has 0 saturated carbocycles. The summed E-state index contributed by atoms with van der Waals surface area (Å²) in [6.45, 7) is 9.81. The molecular weight excluding hydrogens is 268 g/mol. The zero-order valence-electron chi connectivity index (χ0n) is 13.0. The van der Waals surface area contributed by atoms with E-state index in [1.807, 2.05) is 24.0 Å². The first kappa shape index (κ1) is 14.6. The molecule has 1 aromatic heterocycles. The van der Waals surface area contributed by atoms with Crippen molar-refractivity contribution < 1.29 is 13.9 Å². The molecule has 2 aliphatic heterocycles. The van der Waals surface area contributed by atoms with Gasteiger partial charge in [-0.05, 0) is 25.0 Å². The molecule has 2 aliphatic rings. The molecular formula is C16H24N2O3. The summed E-state index contributed by atoms with van der Waals surface area (Å²) in [7, 11) is 0. The highest BCUT2D eigenvalue weighted by atomic mass is 16.5. The Balaban J connectivity index is 1.66. The lowest BCUT2D eigenvalue weighted by molar-refractivity contribution is -0.153. The lowest BCUT2D eigenvalue weighted by Gasteiger charge is -2.37. The van der Waals surface area contributed by atoms with Crippen LogP contribution < -0.4 is 0 Å². The summed E-state index contributed by atoms with van der Waals surface area (Å²) in [6.07, 6.45) is 0.137. The Bertz CT molecular complexity index is 511. The molecule has 0 spiro atoms. The van der Waals surface area contributed by atoms with E-state index in [1.54, 1.807) is 0 Å². The molecule has 1 amide bonds. The number of ether oxygens (including phenoxy) is 1. The van der Waals surface area contributed by atoms with Crippen molar-refractivity contribution in [3.05, 3.63) is 23.7 Å². The van der Waals surface area contributed by atoms with Gasteiger partial charge in [-0.1, -0.05) is 13.8 Å². The fourth-order valence-electron chi connectivity index (χ4n) is 3.29. The topological polar surface area (TPSA) is 45.9 Å². The number of nitrogens with zero attached hydrogens (tertiary/aromatic N) is 2. The number of furan rings is 1. The number of morpholine rings is 1. The minimum atomic E-state index is 0.126. The van der Waals surface area contributed by atoms with Gasteiger partial charge >= 0.3 is 0 Å². The molecule has 2 atom stereocenters. The molecule has 5 nitrogen and oxygen atoms in total. The monoisotopic (exact) mass is 292 g/mol. The average Bonchev–Trinajstić information content (AvgIpc) is 2.99. The first-order chi connectivity index (χ1) is 10.0. The van der Waals surface area contributed by atoms with Crippen LogP contribution >= 0.6 is 0 Å². The summed E-state index contributed by atoms with van der Waals surface area (Å²) in [5.41, 5.74) is 0. The normalized spacial score (nSPS) is 26.7. The van der Waals surface area contributed by atoms with Gasteiger partial charge in [-0.15, -0.1) is 0 Å². The number of carbonyl (C=O) groups excluding carboxylic acids is 1. The number of likely N-dealkylation sites (tertiary alicyclic amines) is 1. The van der Waals surface area contributed by atoms with Crippen molar-refractivity contribution in [2.24, 2.45) is 5.92 Å². The largest absolute Gasteiger partial charge is 0.465 e. The van der Waals surface area contributed by atoms with Crippen LogP contribution in [-0.4, -0.2) is 54.1 Å². The Labute approximate surface area is 125 Å². The van der Waals surface area contributed by atoms with Crippen molar-refractivity contribution in [1.82, 2.24) is 9.80 Å². The summed E-state index contributed by atoms with van der Waals surface area (Å²) in [5.74, 6) is 2.53. The van der Waals surface area contributed by atoms with Crippen LogP contribution in [-0.2, 0) is 16.1 Å². The molecule has 0 aromatic carbocycles. The lowest BCUT2D eigenvalue weighted by atomic mass is 10.1. The molecule has 0 N–H and O–H groups in total. The molecule has 1 aromatic rings. The predicted molar refractivity (Wildman–Crippen MR) is 78.8 cm³/mol. The Morgan fingerprint density at radius 3 is 2.81 bits per heavy atom. The van der Waals surface area contributed by atoms with E-state index in [0.29, 0.717) is 5.92 Å². The summed E-state index contributed by atoms with van der Waals surface area (Å²) < 4.78 is 11.4. The van der Waals surface area contributed by atoms with Gasteiger partial charge in [-0.3, -0.25) is 9.69 Å². The van der Waals surface area contributed by atoms with E-state index in [9.17, 15) is 4.79 Å². The quantitative estimate of drug-likeness (QED) is 0.846. The molecule has 0 aliphatic carbocycles. The number of aryl methyl sites for hydroxylation is 1. The minimum absolute atomic E-state index is 0.126. The van der Waals surface area contributed by atoms with Crippen molar-refractivity contribution in [3.63, 3.8) is 0 Å². The number of amides is 1. The molecule has 3 rings (SSSR count). The van der Waals surface area contributed by atoms with Crippen molar-refractivity contribution in [2.45, 2.75) is 39.5 Å². The number of rotatable bonds is 4. The number of fused-ring (bicyclic) bond motifs is 1. The van der Waals surface area contributed by atoms with Gasteiger partial charge < -0.3 is 14.1 Å². The third-order valence-corrected chi connectivity index (χ3v) is 4.19. The van der Waals surface area contributed by atoms with E-state index in [2.05, 4.69) is 18.7 Å². The summed E-state index contributed by atoms with van der Waals surface area (Å²) in [6, 6.07) is 4.20. The van der Waals surface area contributed by atoms with Crippen LogP contribution in [0.4, 0.5) is 0 Å². The third kappa shape index (κ3) is 3.14. The molecule has 0 unspecified atom stereocenters. The zero-order valence-corrected chi connectivity index (χ0v) is 13.0. The Kier molecular flexibility index (Phi) is 4.04.